The highest BCUT2D eigenvalue weighted by molar-refractivity contribution is 7.88. The van der Waals surface area contributed by atoms with E-state index in [1.807, 2.05) is 6.92 Å². The van der Waals surface area contributed by atoms with Crippen molar-refractivity contribution in [2.75, 3.05) is 18.0 Å². The van der Waals surface area contributed by atoms with E-state index in [4.69, 9.17) is 5.73 Å². The van der Waals surface area contributed by atoms with Gasteiger partial charge in [0.15, 0.2) is 4.34 Å². The molecule has 2 aromatic rings. The van der Waals surface area contributed by atoms with Gasteiger partial charge in [0.1, 0.15) is 5.75 Å². The molecule has 0 aliphatic heterocycles. The fraction of sp³-hybridized carbons (Fsp3) is 0.333. The van der Waals surface area contributed by atoms with Gasteiger partial charge < -0.3 is 11.1 Å². The Labute approximate surface area is 117 Å². The lowest BCUT2D eigenvalue weighted by atomic mass is 10.3. The first-order valence-electron chi connectivity index (χ1n) is 5.91. The number of rotatable bonds is 5. The van der Waals surface area contributed by atoms with Crippen molar-refractivity contribution in [1.29, 1.82) is 0 Å². The predicted octanol–water partition coefficient (Wildman–Crippen LogP) is 1.51. The highest BCUT2D eigenvalue weighted by Crippen LogP contribution is 2.26. The number of thiazole rings is 1. The quantitative estimate of drug-likeness (QED) is 0.819. The third kappa shape index (κ3) is 3.51. The van der Waals surface area contributed by atoms with Crippen LogP contribution in [0.5, 0.6) is 0 Å². The number of nitrogen functional groups attached to an aromatic ring is 1. The molecule has 3 N–H and O–H groups in total. The summed E-state index contributed by atoms with van der Waals surface area (Å²) in [5.41, 5.74) is 7.09. The Balaban J connectivity index is 2.11. The average molecular weight is 297 g/mol. The molecule has 1 aromatic carbocycles. The van der Waals surface area contributed by atoms with Gasteiger partial charge in [0, 0.05) is 12.2 Å². The van der Waals surface area contributed by atoms with Gasteiger partial charge in [0.25, 0.3) is 0 Å². The highest BCUT2D eigenvalue weighted by Gasteiger charge is 2.14. The van der Waals surface area contributed by atoms with E-state index in [1.54, 1.807) is 18.2 Å². The van der Waals surface area contributed by atoms with Crippen LogP contribution in [0.25, 0.3) is 10.2 Å². The average Bonchev–Trinajstić information content (AvgIpc) is 2.79. The molecule has 19 heavy (non-hydrogen) atoms. The largest absolute Gasteiger partial charge is 0.399 e. The number of nitrogens with one attached hydrogen (secondary N) is 1. The minimum absolute atomic E-state index is 0.0463. The maximum Gasteiger partial charge on any atom is 0.233 e. The van der Waals surface area contributed by atoms with Crippen molar-refractivity contribution in [1.82, 2.24) is 10.3 Å². The third-order valence-electron chi connectivity index (χ3n) is 2.42. The van der Waals surface area contributed by atoms with Gasteiger partial charge in [-0.1, -0.05) is 6.92 Å². The number of amides is 1. The lowest BCUT2D eigenvalue weighted by Crippen LogP contribution is -2.28. The number of carbonyl (C=O) groups is 1. The van der Waals surface area contributed by atoms with Gasteiger partial charge in [-0.3, -0.25) is 9.00 Å². The predicted molar refractivity (Wildman–Crippen MR) is 78.6 cm³/mol. The van der Waals surface area contributed by atoms with E-state index in [9.17, 15) is 9.00 Å². The molecule has 0 bridgehead atoms. The van der Waals surface area contributed by atoms with Crippen LogP contribution in [0.1, 0.15) is 13.3 Å². The number of nitrogens with zero attached hydrogens (tertiary/aromatic N) is 1. The molecule has 7 heteroatoms. The second-order valence-electron chi connectivity index (χ2n) is 4.05. The summed E-state index contributed by atoms with van der Waals surface area (Å²) in [7, 11) is -1.40. The molecule has 0 spiro atoms. The van der Waals surface area contributed by atoms with Gasteiger partial charge in [-0.05, 0) is 24.6 Å². The first kappa shape index (κ1) is 14.0. The van der Waals surface area contributed by atoms with E-state index < -0.39 is 10.8 Å². The monoisotopic (exact) mass is 297 g/mol. The van der Waals surface area contributed by atoms with Crippen molar-refractivity contribution < 1.29 is 9.00 Å². The number of nitrogens with two attached hydrogens (primary N) is 1. The van der Waals surface area contributed by atoms with Crippen LogP contribution < -0.4 is 11.1 Å². The number of hydrogen-bond acceptors (Lipinski definition) is 5. The van der Waals surface area contributed by atoms with Crippen molar-refractivity contribution in [3.63, 3.8) is 0 Å². The molecule has 1 unspecified atom stereocenters. The van der Waals surface area contributed by atoms with Crippen molar-refractivity contribution in [3.05, 3.63) is 18.2 Å². The molecule has 0 aliphatic carbocycles. The standard InChI is InChI=1S/C12H15N3O2S2/c1-2-5-14-11(16)7-19(17)12-15-9-4-3-8(13)6-10(9)18-12/h3-4,6H,2,5,7,13H2,1H3,(H,14,16). The second kappa shape index (κ2) is 6.12. The van der Waals surface area contributed by atoms with Crippen LogP contribution in [-0.4, -0.2) is 27.4 Å². The number of carbonyl (C=O) groups excluding carboxylic acids is 1. The fourth-order valence-electron chi connectivity index (χ4n) is 1.51. The second-order valence-corrected chi connectivity index (χ2v) is 6.70. The Hall–Kier alpha value is -1.47. The zero-order valence-corrected chi connectivity index (χ0v) is 12.1. The van der Waals surface area contributed by atoms with E-state index in [1.165, 1.54) is 11.3 Å². The Morgan fingerprint density at radius 2 is 2.32 bits per heavy atom. The number of benzene rings is 1. The minimum Gasteiger partial charge on any atom is -0.399 e. The number of fused-ring (bicyclic) bond motifs is 1. The van der Waals surface area contributed by atoms with Crippen molar-refractivity contribution >= 4 is 43.9 Å². The van der Waals surface area contributed by atoms with E-state index in [2.05, 4.69) is 10.3 Å². The Morgan fingerprint density at radius 1 is 1.53 bits per heavy atom. The molecule has 102 valence electrons. The van der Waals surface area contributed by atoms with Crippen LogP contribution >= 0.6 is 11.3 Å². The first-order valence-corrected chi connectivity index (χ1v) is 8.05. The molecule has 5 nitrogen and oxygen atoms in total. The van der Waals surface area contributed by atoms with Crippen LogP contribution in [0.2, 0.25) is 0 Å². The van der Waals surface area contributed by atoms with Gasteiger partial charge in [-0.15, -0.1) is 11.3 Å². The van der Waals surface area contributed by atoms with Gasteiger partial charge in [0.05, 0.1) is 21.0 Å². The summed E-state index contributed by atoms with van der Waals surface area (Å²) in [6.45, 7) is 2.57. The number of hydrogen-bond donors (Lipinski definition) is 2. The van der Waals surface area contributed by atoms with Crippen molar-refractivity contribution in [3.8, 4) is 0 Å². The van der Waals surface area contributed by atoms with Gasteiger partial charge in [0.2, 0.25) is 5.91 Å². The summed E-state index contributed by atoms with van der Waals surface area (Å²) < 4.78 is 13.4. The summed E-state index contributed by atoms with van der Waals surface area (Å²) >= 11 is 1.31. The van der Waals surface area contributed by atoms with E-state index in [0.29, 0.717) is 16.6 Å². The lowest BCUT2D eigenvalue weighted by molar-refractivity contribution is -0.118. The Bertz CT molecular complexity index is 624. The molecule has 0 aliphatic rings. The normalized spacial score (nSPS) is 12.5. The maximum atomic E-state index is 12.0. The maximum absolute atomic E-state index is 12.0. The van der Waals surface area contributed by atoms with Crippen LogP contribution in [-0.2, 0) is 15.6 Å². The zero-order valence-electron chi connectivity index (χ0n) is 10.5. The molecular formula is C12H15N3O2S2. The molecule has 1 aromatic heterocycles. The molecule has 1 atom stereocenters. The summed E-state index contributed by atoms with van der Waals surface area (Å²) in [4.78, 5) is 15.8. The molecule has 1 amide bonds. The summed E-state index contributed by atoms with van der Waals surface area (Å²) in [6.07, 6.45) is 0.860. The van der Waals surface area contributed by atoms with Crippen LogP contribution in [0, 0.1) is 0 Å². The number of aromatic nitrogens is 1. The topological polar surface area (TPSA) is 85.1 Å². The van der Waals surface area contributed by atoms with Crippen molar-refractivity contribution in [2.24, 2.45) is 0 Å². The van der Waals surface area contributed by atoms with E-state index in [0.717, 1.165) is 16.6 Å². The van der Waals surface area contributed by atoms with Gasteiger partial charge >= 0.3 is 0 Å². The van der Waals surface area contributed by atoms with Gasteiger partial charge in [-0.2, -0.15) is 0 Å². The molecule has 0 radical (unpaired) electrons. The minimum atomic E-state index is -1.40. The van der Waals surface area contributed by atoms with E-state index in [-0.39, 0.29) is 11.7 Å². The lowest BCUT2D eigenvalue weighted by Gasteiger charge is -2.01. The Kier molecular flexibility index (Phi) is 4.49. The molecule has 0 fully saturated rings. The summed E-state index contributed by atoms with van der Waals surface area (Å²) in [5.74, 6) is -0.256. The SMILES string of the molecule is CCCNC(=O)CS(=O)c1nc2ccc(N)cc2s1. The van der Waals surface area contributed by atoms with E-state index >= 15 is 0 Å². The number of anilines is 1. The molecule has 0 saturated carbocycles. The molecular weight excluding hydrogens is 282 g/mol. The van der Waals surface area contributed by atoms with Crippen molar-refractivity contribution in [2.45, 2.75) is 17.7 Å². The highest BCUT2D eigenvalue weighted by atomic mass is 32.2. The smallest absolute Gasteiger partial charge is 0.233 e. The molecule has 2 rings (SSSR count). The van der Waals surface area contributed by atoms with Crippen LogP contribution in [0.4, 0.5) is 5.69 Å². The molecule has 1 heterocycles. The summed E-state index contributed by atoms with van der Waals surface area (Å²) in [5, 5.41) is 2.70. The zero-order chi connectivity index (χ0) is 13.8. The third-order valence-corrected chi connectivity index (χ3v) is 5.05. The first-order chi connectivity index (χ1) is 9.10. The summed E-state index contributed by atoms with van der Waals surface area (Å²) in [6, 6.07) is 5.34. The Morgan fingerprint density at radius 3 is 3.05 bits per heavy atom. The fourth-order valence-corrected chi connectivity index (χ4v) is 3.74. The molecule has 0 saturated heterocycles. The van der Waals surface area contributed by atoms with Crippen LogP contribution in [0.3, 0.4) is 0 Å². The van der Waals surface area contributed by atoms with Crippen LogP contribution in [0.15, 0.2) is 22.5 Å². The van der Waals surface area contributed by atoms with Gasteiger partial charge in [-0.25, -0.2) is 4.98 Å².